The Morgan fingerprint density at radius 3 is 1.49 bits per heavy atom. The van der Waals surface area contributed by atoms with Crippen LogP contribution in [0.1, 0.15) is 27.8 Å². The Morgan fingerprint density at radius 2 is 1.06 bits per heavy atom. The molecule has 0 saturated carbocycles. The van der Waals surface area contributed by atoms with E-state index >= 15 is 0 Å². The SMILES string of the molecule is COCc1ccc(-c2cn(C(c3ccccc3)(c3ccccc3)c3ccccc3)cn2)cc1.COCc1ccc(-c2cnc[nH]2)cc1. The monoisotopic (exact) mass is 618 g/mol. The lowest BCUT2D eigenvalue weighted by atomic mass is 9.77. The molecule has 5 aromatic carbocycles. The highest BCUT2D eigenvalue weighted by molar-refractivity contribution is 5.60. The van der Waals surface area contributed by atoms with E-state index in [4.69, 9.17) is 14.5 Å². The van der Waals surface area contributed by atoms with Crippen LogP contribution in [-0.2, 0) is 28.2 Å². The van der Waals surface area contributed by atoms with E-state index < -0.39 is 5.54 Å². The minimum absolute atomic E-state index is 0.551. The number of aromatic amines is 1. The Labute approximate surface area is 276 Å². The highest BCUT2D eigenvalue weighted by Crippen LogP contribution is 2.41. The molecule has 1 N–H and O–H groups in total. The van der Waals surface area contributed by atoms with Crippen molar-refractivity contribution in [2.24, 2.45) is 0 Å². The van der Waals surface area contributed by atoms with Gasteiger partial charge in [-0.3, -0.25) is 0 Å². The van der Waals surface area contributed by atoms with Crippen LogP contribution >= 0.6 is 0 Å². The van der Waals surface area contributed by atoms with Gasteiger partial charge in [0.1, 0.15) is 5.54 Å². The molecular formula is C41H38N4O2. The maximum Gasteiger partial charge on any atom is 0.121 e. The van der Waals surface area contributed by atoms with E-state index in [-0.39, 0.29) is 0 Å². The molecule has 0 bridgehead atoms. The average Bonchev–Trinajstić information content (AvgIpc) is 3.86. The van der Waals surface area contributed by atoms with Crippen molar-refractivity contribution >= 4 is 0 Å². The molecule has 0 aliphatic carbocycles. The van der Waals surface area contributed by atoms with Crippen LogP contribution in [0.3, 0.4) is 0 Å². The van der Waals surface area contributed by atoms with Crippen molar-refractivity contribution < 1.29 is 9.47 Å². The molecular weight excluding hydrogens is 580 g/mol. The minimum atomic E-state index is -0.551. The summed E-state index contributed by atoms with van der Waals surface area (Å²) in [5.41, 5.74) is 9.51. The lowest BCUT2D eigenvalue weighted by Crippen LogP contribution is -2.36. The molecule has 0 radical (unpaired) electrons. The van der Waals surface area contributed by atoms with Gasteiger partial charge in [-0.1, -0.05) is 140 Å². The van der Waals surface area contributed by atoms with Crippen molar-refractivity contribution in [1.82, 2.24) is 19.5 Å². The van der Waals surface area contributed by atoms with Crippen molar-refractivity contribution in [3.8, 4) is 22.5 Å². The maximum absolute atomic E-state index is 5.25. The van der Waals surface area contributed by atoms with Gasteiger partial charge in [0.2, 0.25) is 0 Å². The van der Waals surface area contributed by atoms with Gasteiger partial charge in [0, 0.05) is 26.0 Å². The third-order valence-electron chi connectivity index (χ3n) is 8.18. The lowest BCUT2D eigenvalue weighted by Gasteiger charge is -2.37. The zero-order valence-electron chi connectivity index (χ0n) is 26.7. The number of imidazole rings is 2. The Kier molecular flexibility index (Phi) is 10.1. The molecule has 0 spiro atoms. The summed E-state index contributed by atoms with van der Waals surface area (Å²) >= 11 is 0. The number of benzene rings is 5. The van der Waals surface area contributed by atoms with Crippen LogP contribution in [0.5, 0.6) is 0 Å². The summed E-state index contributed by atoms with van der Waals surface area (Å²) in [7, 11) is 3.41. The molecule has 2 heterocycles. The van der Waals surface area contributed by atoms with Gasteiger partial charge in [0.25, 0.3) is 0 Å². The second-order valence-electron chi connectivity index (χ2n) is 11.2. The van der Waals surface area contributed by atoms with Crippen LogP contribution in [0.2, 0.25) is 0 Å². The molecule has 0 atom stereocenters. The van der Waals surface area contributed by atoms with Gasteiger partial charge in [0.15, 0.2) is 0 Å². The first kappa shape index (κ1) is 31.4. The normalized spacial score (nSPS) is 11.1. The summed E-state index contributed by atoms with van der Waals surface area (Å²) in [6.07, 6.45) is 7.59. The summed E-state index contributed by atoms with van der Waals surface area (Å²) in [6.45, 7) is 1.26. The van der Waals surface area contributed by atoms with Gasteiger partial charge in [-0.15, -0.1) is 0 Å². The number of hydrogen-bond donors (Lipinski definition) is 1. The molecule has 0 aliphatic heterocycles. The van der Waals surface area contributed by atoms with E-state index in [9.17, 15) is 0 Å². The van der Waals surface area contributed by atoms with Crippen molar-refractivity contribution in [2.45, 2.75) is 18.8 Å². The summed E-state index contributed by atoms with van der Waals surface area (Å²) in [4.78, 5) is 11.9. The fourth-order valence-corrected chi connectivity index (χ4v) is 5.94. The van der Waals surface area contributed by atoms with Gasteiger partial charge < -0.3 is 19.0 Å². The Morgan fingerprint density at radius 1 is 0.596 bits per heavy atom. The van der Waals surface area contributed by atoms with Gasteiger partial charge in [-0.25, -0.2) is 9.97 Å². The lowest BCUT2D eigenvalue weighted by molar-refractivity contribution is 0.185. The summed E-state index contributed by atoms with van der Waals surface area (Å²) in [5, 5.41) is 0. The minimum Gasteiger partial charge on any atom is -0.380 e. The Hall–Kier alpha value is -5.56. The van der Waals surface area contributed by atoms with E-state index in [0.29, 0.717) is 13.2 Å². The van der Waals surface area contributed by atoms with Crippen LogP contribution in [0, 0.1) is 0 Å². The van der Waals surface area contributed by atoms with E-state index in [1.54, 1.807) is 20.5 Å². The quantitative estimate of drug-likeness (QED) is 0.156. The van der Waals surface area contributed by atoms with E-state index in [1.165, 1.54) is 22.3 Å². The second-order valence-corrected chi connectivity index (χ2v) is 11.2. The fraction of sp³-hybridized carbons (Fsp3) is 0.122. The molecule has 0 amide bonds. The first-order valence-electron chi connectivity index (χ1n) is 15.6. The van der Waals surface area contributed by atoms with Crippen LogP contribution in [0.4, 0.5) is 0 Å². The predicted octanol–water partition coefficient (Wildman–Crippen LogP) is 8.76. The second kappa shape index (κ2) is 15.1. The van der Waals surface area contributed by atoms with Crippen LogP contribution in [-0.4, -0.2) is 33.7 Å². The summed E-state index contributed by atoms with van der Waals surface area (Å²) < 4.78 is 12.5. The smallest absolute Gasteiger partial charge is 0.121 e. The number of hydrogen-bond acceptors (Lipinski definition) is 4. The van der Waals surface area contributed by atoms with Gasteiger partial charge in [0.05, 0.1) is 43.5 Å². The van der Waals surface area contributed by atoms with Crippen LogP contribution in [0.15, 0.2) is 165 Å². The molecule has 2 aromatic heterocycles. The number of aromatic nitrogens is 4. The summed E-state index contributed by atoms with van der Waals surface area (Å²) in [5.74, 6) is 0. The molecule has 0 fully saturated rings. The first-order valence-corrected chi connectivity index (χ1v) is 15.6. The standard InChI is InChI=1S/C30H26N2O.C11H12N2O/c1-33-22-24-17-19-25(20-18-24)29-21-32(23-31-29)30(26-11-5-2-6-12-26,27-13-7-3-8-14-27)28-15-9-4-10-16-28;1-14-7-9-2-4-10(5-3-9)11-6-12-8-13-11/h2-21,23H,22H2,1H3;2-6,8H,7H2,1H3,(H,12,13). The molecule has 0 unspecified atom stereocenters. The van der Waals surface area contributed by atoms with E-state index in [2.05, 4.69) is 160 Å². The zero-order valence-corrected chi connectivity index (χ0v) is 26.7. The Bertz CT molecular complexity index is 1820. The predicted molar refractivity (Wildman–Crippen MR) is 188 cm³/mol. The van der Waals surface area contributed by atoms with Crippen molar-refractivity contribution in [3.63, 3.8) is 0 Å². The number of methoxy groups -OCH3 is 2. The van der Waals surface area contributed by atoms with E-state index in [1.807, 2.05) is 12.5 Å². The highest BCUT2D eigenvalue weighted by Gasteiger charge is 2.38. The van der Waals surface area contributed by atoms with Crippen LogP contribution in [0.25, 0.3) is 22.5 Å². The zero-order chi connectivity index (χ0) is 32.3. The number of nitrogens with zero attached hydrogens (tertiary/aromatic N) is 3. The van der Waals surface area contributed by atoms with Crippen molar-refractivity contribution in [1.29, 1.82) is 0 Å². The number of H-pyrrole nitrogens is 1. The molecule has 0 saturated heterocycles. The number of nitrogens with one attached hydrogen (secondary N) is 1. The van der Waals surface area contributed by atoms with Crippen LogP contribution < -0.4 is 0 Å². The van der Waals surface area contributed by atoms with Crippen molar-refractivity contribution in [2.75, 3.05) is 14.2 Å². The third-order valence-corrected chi connectivity index (χ3v) is 8.18. The number of rotatable bonds is 10. The molecule has 234 valence electrons. The third kappa shape index (κ3) is 6.99. The molecule has 6 heteroatoms. The topological polar surface area (TPSA) is 65.0 Å². The van der Waals surface area contributed by atoms with Gasteiger partial charge in [-0.2, -0.15) is 0 Å². The fourth-order valence-electron chi connectivity index (χ4n) is 5.94. The highest BCUT2D eigenvalue weighted by atomic mass is 16.5. The van der Waals surface area contributed by atoms with Gasteiger partial charge in [-0.05, 0) is 33.4 Å². The average molecular weight is 619 g/mol. The molecule has 47 heavy (non-hydrogen) atoms. The van der Waals surface area contributed by atoms with Gasteiger partial charge >= 0.3 is 0 Å². The number of ether oxygens (including phenoxy) is 2. The molecule has 6 nitrogen and oxygen atoms in total. The summed E-state index contributed by atoms with van der Waals surface area (Å²) in [6, 6.07) is 48.6. The largest absolute Gasteiger partial charge is 0.380 e. The molecule has 0 aliphatic rings. The molecule has 7 aromatic rings. The maximum atomic E-state index is 5.25. The van der Waals surface area contributed by atoms with E-state index in [0.717, 1.165) is 28.1 Å². The molecule has 7 rings (SSSR count). The van der Waals surface area contributed by atoms with Crippen molar-refractivity contribution in [3.05, 3.63) is 192 Å². The first-order chi connectivity index (χ1) is 23.2. The Balaban J connectivity index is 0.000000230.